The topological polar surface area (TPSA) is 106 Å². The second-order valence-electron chi connectivity index (χ2n) is 7.92. The van der Waals surface area contributed by atoms with E-state index in [1.54, 1.807) is 31.5 Å². The molecular formula is C23H27ClN4O4. The Balaban J connectivity index is 1.88. The quantitative estimate of drug-likeness (QED) is 0.367. The number of nitrogens with zero attached hydrogens (tertiary/aromatic N) is 2. The van der Waals surface area contributed by atoms with E-state index < -0.39 is 24.0 Å². The van der Waals surface area contributed by atoms with Crippen molar-refractivity contribution < 1.29 is 19.3 Å². The number of ether oxygens (including phenoxy) is 3. The third-order valence-corrected chi connectivity index (χ3v) is 6.09. The number of nitrogens with two attached hydrogens (primary N) is 1. The number of methoxy groups -OCH3 is 2. The number of benzene rings is 2. The standard InChI is InChI=1S/C23H27ClN4O4/c1-23(22(30-2)31-3)21(29)20(17-12-15(25)6-9-18(17)32-23)28(13-19-26-10-11-27-19)16-7-4-14(24)5-8-16/h4-12,20-22,29H,13,25H2,1-3H3,(H,26,27)/t20-,21+,23+/m0/s1. The fraction of sp³-hybridized carbons (Fsp3) is 0.348. The molecule has 4 rings (SSSR count). The van der Waals surface area contributed by atoms with Crippen LogP contribution in [-0.2, 0) is 16.0 Å². The summed E-state index contributed by atoms with van der Waals surface area (Å²) in [5.41, 5.74) is 7.09. The van der Waals surface area contributed by atoms with Crippen molar-refractivity contribution >= 4 is 23.0 Å². The van der Waals surface area contributed by atoms with Gasteiger partial charge < -0.3 is 34.9 Å². The van der Waals surface area contributed by atoms with E-state index in [1.807, 2.05) is 35.2 Å². The predicted octanol–water partition coefficient (Wildman–Crippen LogP) is 3.52. The lowest BCUT2D eigenvalue weighted by atomic mass is 9.83. The molecule has 0 saturated heterocycles. The first-order valence-corrected chi connectivity index (χ1v) is 10.6. The molecule has 0 bridgehead atoms. The summed E-state index contributed by atoms with van der Waals surface area (Å²) in [5, 5.41) is 12.4. The van der Waals surface area contributed by atoms with Crippen LogP contribution in [-0.4, -0.2) is 47.3 Å². The van der Waals surface area contributed by atoms with E-state index in [2.05, 4.69) is 9.97 Å². The van der Waals surface area contributed by atoms with Gasteiger partial charge in [-0.25, -0.2) is 4.98 Å². The zero-order valence-corrected chi connectivity index (χ0v) is 18.9. The van der Waals surface area contributed by atoms with E-state index in [0.717, 1.165) is 17.1 Å². The zero-order chi connectivity index (χ0) is 22.9. The van der Waals surface area contributed by atoms with Crippen LogP contribution in [0.5, 0.6) is 5.75 Å². The number of hydrogen-bond donors (Lipinski definition) is 3. The Kier molecular flexibility index (Phi) is 6.30. The molecule has 3 atom stereocenters. The number of imidazole rings is 1. The third-order valence-electron chi connectivity index (χ3n) is 5.83. The molecule has 1 aliphatic rings. The van der Waals surface area contributed by atoms with Crippen LogP contribution in [0.2, 0.25) is 5.02 Å². The monoisotopic (exact) mass is 458 g/mol. The number of hydrogen-bond acceptors (Lipinski definition) is 7. The maximum atomic E-state index is 11.7. The lowest BCUT2D eigenvalue weighted by Gasteiger charge is -2.50. The van der Waals surface area contributed by atoms with Crippen LogP contribution in [0.3, 0.4) is 0 Å². The minimum atomic E-state index is -1.20. The fourth-order valence-electron chi connectivity index (χ4n) is 4.29. The summed E-state index contributed by atoms with van der Waals surface area (Å²) in [6.07, 6.45) is 1.59. The van der Waals surface area contributed by atoms with Crippen molar-refractivity contribution in [2.75, 3.05) is 24.9 Å². The summed E-state index contributed by atoms with van der Waals surface area (Å²) in [4.78, 5) is 9.57. The highest BCUT2D eigenvalue weighted by Gasteiger charge is 2.53. The maximum absolute atomic E-state index is 11.7. The van der Waals surface area contributed by atoms with Crippen molar-refractivity contribution in [3.05, 3.63) is 71.3 Å². The molecule has 8 nitrogen and oxygen atoms in total. The van der Waals surface area contributed by atoms with E-state index in [0.29, 0.717) is 23.0 Å². The van der Waals surface area contributed by atoms with Crippen LogP contribution in [0.4, 0.5) is 11.4 Å². The summed E-state index contributed by atoms with van der Waals surface area (Å²) in [6, 6.07) is 12.3. The molecule has 32 heavy (non-hydrogen) atoms. The highest BCUT2D eigenvalue weighted by atomic mass is 35.5. The molecule has 4 N–H and O–H groups in total. The lowest BCUT2D eigenvalue weighted by molar-refractivity contribution is -0.237. The van der Waals surface area contributed by atoms with Gasteiger partial charge in [0.2, 0.25) is 0 Å². The van der Waals surface area contributed by atoms with Crippen LogP contribution in [0.15, 0.2) is 54.9 Å². The molecule has 170 valence electrons. The van der Waals surface area contributed by atoms with Crippen LogP contribution in [0, 0.1) is 0 Å². The van der Waals surface area contributed by atoms with Crippen molar-refractivity contribution in [3.63, 3.8) is 0 Å². The van der Waals surface area contributed by atoms with Gasteiger partial charge in [-0.15, -0.1) is 0 Å². The second-order valence-corrected chi connectivity index (χ2v) is 8.35. The van der Waals surface area contributed by atoms with Crippen molar-refractivity contribution in [1.82, 2.24) is 9.97 Å². The second kappa shape index (κ2) is 8.99. The fourth-order valence-corrected chi connectivity index (χ4v) is 4.42. The molecule has 2 aromatic carbocycles. The summed E-state index contributed by atoms with van der Waals surface area (Å²) in [5.74, 6) is 1.33. The van der Waals surface area contributed by atoms with E-state index in [4.69, 9.17) is 31.5 Å². The average molecular weight is 459 g/mol. The van der Waals surface area contributed by atoms with Crippen molar-refractivity contribution in [1.29, 1.82) is 0 Å². The normalized spacial score (nSPS) is 22.4. The van der Waals surface area contributed by atoms with Crippen LogP contribution in [0.1, 0.15) is 24.4 Å². The minimum Gasteiger partial charge on any atom is -0.479 e. The Morgan fingerprint density at radius 1 is 1.25 bits per heavy atom. The first-order valence-electron chi connectivity index (χ1n) is 10.2. The number of halogens is 1. The molecule has 1 aromatic heterocycles. The Morgan fingerprint density at radius 2 is 1.97 bits per heavy atom. The van der Waals surface area contributed by atoms with Crippen LogP contribution < -0.4 is 15.4 Å². The van der Waals surface area contributed by atoms with Crippen molar-refractivity contribution in [2.45, 2.75) is 37.5 Å². The first kappa shape index (κ1) is 22.4. The molecule has 2 heterocycles. The number of aromatic amines is 1. The molecule has 0 spiro atoms. The Hall–Kier alpha value is -2.78. The van der Waals surface area contributed by atoms with E-state index >= 15 is 0 Å². The lowest BCUT2D eigenvalue weighted by Crippen LogP contribution is -2.62. The van der Waals surface area contributed by atoms with Crippen LogP contribution >= 0.6 is 11.6 Å². The molecule has 1 aliphatic heterocycles. The number of aromatic nitrogens is 2. The summed E-state index contributed by atoms with van der Waals surface area (Å²) < 4.78 is 17.3. The maximum Gasteiger partial charge on any atom is 0.199 e. The number of aliphatic hydroxyl groups excluding tert-OH is 1. The number of H-pyrrole nitrogens is 1. The Bertz CT molecular complexity index is 1040. The van der Waals surface area contributed by atoms with Crippen molar-refractivity contribution in [3.8, 4) is 5.75 Å². The van der Waals surface area contributed by atoms with Gasteiger partial charge >= 0.3 is 0 Å². The van der Waals surface area contributed by atoms with Gasteiger partial charge in [-0.05, 0) is 49.4 Å². The molecule has 0 fully saturated rings. The molecular weight excluding hydrogens is 432 g/mol. The number of aliphatic hydroxyl groups is 1. The van der Waals surface area contributed by atoms with Gasteiger partial charge in [0.05, 0.1) is 12.6 Å². The first-order chi connectivity index (χ1) is 15.4. The number of nitrogen functional groups attached to an aromatic ring is 1. The number of rotatable bonds is 7. The highest BCUT2D eigenvalue weighted by Crippen LogP contribution is 2.47. The van der Waals surface area contributed by atoms with Gasteiger partial charge in [0.1, 0.15) is 17.7 Å². The van der Waals surface area contributed by atoms with E-state index in [9.17, 15) is 5.11 Å². The Labute approximate surface area is 191 Å². The molecule has 0 amide bonds. The van der Waals surface area contributed by atoms with Gasteiger partial charge in [-0.1, -0.05) is 11.6 Å². The molecule has 3 aromatic rings. The number of fused-ring (bicyclic) bond motifs is 1. The highest BCUT2D eigenvalue weighted by molar-refractivity contribution is 6.30. The number of nitrogens with one attached hydrogen (secondary N) is 1. The largest absolute Gasteiger partial charge is 0.479 e. The van der Waals surface area contributed by atoms with Gasteiger partial charge in [0, 0.05) is 48.6 Å². The smallest absolute Gasteiger partial charge is 0.199 e. The summed E-state index contributed by atoms with van der Waals surface area (Å²) >= 11 is 6.14. The third kappa shape index (κ3) is 4.02. The van der Waals surface area contributed by atoms with E-state index in [-0.39, 0.29) is 0 Å². The van der Waals surface area contributed by atoms with Gasteiger partial charge in [0.15, 0.2) is 11.9 Å². The average Bonchev–Trinajstić information content (AvgIpc) is 3.29. The molecule has 0 aliphatic carbocycles. The summed E-state index contributed by atoms with van der Waals surface area (Å²) in [7, 11) is 3.03. The zero-order valence-electron chi connectivity index (χ0n) is 18.2. The van der Waals surface area contributed by atoms with Gasteiger partial charge in [0.25, 0.3) is 0 Å². The van der Waals surface area contributed by atoms with E-state index in [1.165, 1.54) is 14.2 Å². The molecule has 9 heteroatoms. The molecule has 0 radical (unpaired) electrons. The SMILES string of the molecule is COC(OC)[C@]1(C)Oc2ccc(N)cc2[C@H](N(Cc2ncc[nH]2)c2ccc(Cl)cc2)[C@H]1O. The van der Waals surface area contributed by atoms with Crippen LogP contribution in [0.25, 0.3) is 0 Å². The molecule has 0 unspecified atom stereocenters. The molecule has 0 saturated carbocycles. The summed E-state index contributed by atoms with van der Waals surface area (Å²) in [6.45, 7) is 2.17. The minimum absolute atomic E-state index is 0.394. The predicted molar refractivity (Wildman–Crippen MR) is 123 cm³/mol. The Morgan fingerprint density at radius 3 is 2.59 bits per heavy atom. The van der Waals surface area contributed by atoms with Gasteiger partial charge in [-0.2, -0.15) is 0 Å². The van der Waals surface area contributed by atoms with Gasteiger partial charge in [-0.3, -0.25) is 0 Å². The number of anilines is 2. The van der Waals surface area contributed by atoms with Crippen molar-refractivity contribution in [2.24, 2.45) is 0 Å².